The third-order valence-corrected chi connectivity index (χ3v) is 1.80. The van der Waals surface area contributed by atoms with Crippen molar-refractivity contribution in [2.45, 2.75) is 13.8 Å². The maximum atomic E-state index is 11.0. The van der Waals surface area contributed by atoms with Crippen LogP contribution in [0, 0.1) is 0 Å². The van der Waals surface area contributed by atoms with Crippen molar-refractivity contribution in [3.63, 3.8) is 0 Å². The maximum absolute atomic E-state index is 11.0. The summed E-state index contributed by atoms with van der Waals surface area (Å²) in [6.45, 7) is 3.82. The Morgan fingerprint density at radius 3 is 2.92 bits per heavy atom. The zero-order valence-electron chi connectivity index (χ0n) is 7.50. The summed E-state index contributed by atoms with van der Waals surface area (Å²) in [5.74, 6) is 0.405. The van der Waals surface area contributed by atoms with Crippen LogP contribution >= 0.6 is 11.6 Å². The third kappa shape index (κ3) is 2.42. The second-order valence-corrected chi connectivity index (χ2v) is 2.86. The average molecular weight is 200 g/mol. The fourth-order valence-corrected chi connectivity index (χ4v) is 1.04. The van der Waals surface area contributed by atoms with E-state index >= 15 is 0 Å². The Morgan fingerprint density at radius 1 is 1.69 bits per heavy atom. The predicted molar refractivity (Wildman–Crippen MR) is 50.4 cm³/mol. The standard InChI is InChI=1S/C9H10ClNO2/c1-3-13-8-4-7(6(2)12)5-11-9(8)10/h4-5H,3H2,1-2H3. The van der Waals surface area contributed by atoms with Gasteiger partial charge in [-0.1, -0.05) is 11.6 Å². The number of carbonyl (C=O) groups is 1. The van der Waals surface area contributed by atoms with Crippen molar-refractivity contribution in [2.24, 2.45) is 0 Å². The fraction of sp³-hybridized carbons (Fsp3) is 0.333. The van der Waals surface area contributed by atoms with Crippen LogP contribution in [0.25, 0.3) is 0 Å². The van der Waals surface area contributed by atoms with Crippen LogP contribution in [0.5, 0.6) is 5.75 Å². The van der Waals surface area contributed by atoms with Crippen molar-refractivity contribution in [1.82, 2.24) is 4.98 Å². The van der Waals surface area contributed by atoms with Gasteiger partial charge in [-0.3, -0.25) is 4.79 Å². The molecule has 0 radical (unpaired) electrons. The van der Waals surface area contributed by atoms with Gasteiger partial charge in [0, 0.05) is 11.8 Å². The molecule has 3 nitrogen and oxygen atoms in total. The van der Waals surface area contributed by atoms with Crippen molar-refractivity contribution >= 4 is 17.4 Å². The molecule has 1 heterocycles. The summed E-state index contributed by atoms with van der Waals surface area (Å²) >= 11 is 5.73. The lowest BCUT2D eigenvalue weighted by molar-refractivity contribution is 0.101. The largest absolute Gasteiger partial charge is 0.491 e. The first-order chi connectivity index (χ1) is 6.15. The number of Topliss-reactive ketones (excluding diaryl/α,β-unsaturated/α-hetero) is 1. The van der Waals surface area contributed by atoms with E-state index in [0.717, 1.165) is 0 Å². The molecule has 0 unspecified atom stereocenters. The van der Waals surface area contributed by atoms with Gasteiger partial charge in [-0.2, -0.15) is 0 Å². The van der Waals surface area contributed by atoms with Gasteiger partial charge < -0.3 is 4.74 Å². The van der Waals surface area contributed by atoms with Crippen molar-refractivity contribution in [2.75, 3.05) is 6.61 Å². The van der Waals surface area contributed by atoms with E-state index in [-0.39, 0.29) is 10.9 Å². The molecule has 0 aromatic carbocycles. The van der Waals surface area contributed by atoms with Crippen molar-refractivity contribution < 1.29 is 9.53 Å². The Labute approximate surface area is 81.7 Å². The van der Waals surface area contributed by atoms with E-state index in [9.17, 15) is 4.79 Å². The molecule has 0 atom stereocenters. The molecule has 70 valence electrons. The van der Waals surface area contributed by atoms with Crippen LogP contribution in [0.4, 0.5) is 0 Å². The minimum Gasteiger partial charge on any atom is -0.491 e. The lowest BCUT2D eigenvalue weighted by Gasteiger charge is -2.05. The Kier molecular flexibility index (Phi) is 3.25. The van der Waals surface area contributed by atoms with Gasteiger partial charge in [-0.15, -0.1) is 0 Å². The minimum atomic E-state index is -0.0508. The van der Waals surface area contributed by atoms with Crippen LogP contribution in [-0.4, -0.2) is 17.4 Å². The van der Waals surface area contributed by atoms with Crippen LogP contribution in [0.2, 0.25) is 5.15 Å². The first-order valence-corrected chi connectivity index (χ1v) is 4.32. The van der Waals surface area contributed by atoms with Crippen LogP contribution in [0.3, 0.4) is 0 Å². The summed E-state index contributed by atoms with van der Waals surface area (Å²) in [4.78, 5) is 14.8. The van der Waals surface area contributed by atoms with E-state index in [1.54, 1.807) is 6.07 Å². The van der Waals surface area contributed by atoms with Gasteiger partial charge >= 0.3 is 0 Å². The smallest absolute Gasteiger partial charge is 0.171 e. The molecule has 0 aliphatic rings. The molecule has 1 aromatic rings. The summed E-state index contributed by atoms with van der Waals surface area (Å²) in [5, 5.41) is 0.284. The zero-order chi connectivity index (χ0) is 9.84. The van der Waals surface area contributed by atoms with Gasteiger partial charge in [0.1, 0.15) is 0 Å². The number of pyridine rings is 1. The number of aromatic nitrogens is 1. The molecule has 0 amide bonds. The second-order valence-electron chi connectivity index (χ2n) is 2.50. The lowest BCUT2D eigenvalue weighted by Crippen LogP contribution is -1.98. The van der Waals surface area contributed by atoms with E-state index in [1.165, 1.54) is 13.1 Å². The first kappa shape index (κ1) is 9.99. The van der Waals surface area contributed by atoms with Crippen molar-refractivity contribution in [3.05, 3.63) is 23.0 Å². The van der Waals surface area contributed by atoms with Crippen LogP contribution in [0.15, 0.2) is 12.3 Å². The molecule has 0 N–H and O–H groups in total. The molecular weight excluding hydrogens is 190 g/mol. The number of ketones is 1. The summed E-state index contributed by atoms with van der Waals surface area (Å²) in [7, 11) is 0. The fourth-order valence-electron chi connectivity index (χ4n) is 0.877. The highest BCUT2D eigenvalue weighted by atomic mass is 35.5. The summed E-state index contributed by atoms with van der Waals surface area (Å²) in [5.41, 5.74) is 0.507. The summed E-state index contributed by atoms with van der Waals surface area (Å²) < 4.78 is 5.18. The molecule has 13 heavy (non-hydrogen) atoms. The first-order valence-electron chi connectivity index (χ1n) is 3.94. The van der Waals surface area contributed by atoms with Crippen LogP contribution in [0.1, 0.15) is 24.2 Å². The molecule has 4 heteroatoms. The Hall–Kier alpha value is -1.09. The number of ether oxygens (including phenoxy) is 1. The molecule has 0 saturated heterocycles. The normalized spacial score (nSPS) is 9.77. The van der Waals surface area contributed by atoms with Gasteiger partial charge in [0.15, 0.2) is 16.7 Å². The molecule has 1 rings (SSSR count). The highest BCUT2D eigenvalue weighted by molar-refractivity contribution is 6.30. The summed E-state index contributed by atoms with van der Waals surface area (Å²) in [6, 6.07) is 1.60. The van der Waals surface area contributed by atoms with E-state index in [2.05, 4.69) is 4.98 Å². The lowest BCUT2D eigenvalue weighted by atomic mass is 10.2. The zero-order valence-corrected chi connectivity index (χ0v) is 8.26. The molecule has 0 spiro atoms. The quantitative estimate of drug-likeness (QED) is 0.554. The number of hydrogen-bond acceptors (Lipinski definition) is 3. The van der Waals surface area contributed by atoms with E-state index in [1.807, 2.05) is 6.92 Å². The molecular formula is C9H10ClNO2. The number of rotatable bonds is 3. The molecule has 1 aromatic heterocycles. The molecule has 0 bridgehead atoms. The minimum absolute atomic E-state index is 0.0508. The highest BCUT2D eigenvalue weighted by Crippen LogP contribution is 2.22. The van der Waals surface area contributed by atoms with Crippen molar-refractivity contribution in [1.29, 1.82) is 0 Å². The van der Waals surface area contributed by atoms with Gasteiger partial charge in [0.05, 0.1) is 6.61 Å². The summed E-state index contributed by atoms with van der Waals surface area (Å²) in [6.07, 6.45) is 1.44. The predicted octanol–water partition coefficient (Wildman–Crippen LogP) is 2.34. The van der Waals surface area contributed by atoms with Gasteiger partial charge in [0.2, 0.25) is 0 Å². The highest BCUT2D eigenvalue weighted by Gasteiger charge is 2.06. The Bertz CT molecular complexity index is 325. The molecule has 0 saturated carbocycles. The van der Waals surface area contributed by atoms with Crippen molar-refractivity contribution in [3.8, 4) is 5.75 Å². The number of halogens is 1. The van der Waals surface area contributed by atoms with E-state index < -0.39 is 0 Å². The van der Waals surface area contributed by atoms with E-state index in [0.29, 0.717) is 17.9 Å². The third-order valence-electron chi connectivity index (χ3n) is 1.51. The number of nitrogens with zero attached hydrogens (tertiary/aromatic N) is 1. The monoisotopic (exact) mass is 199 g/mol. The SMILES string of the molecule is CCOc1cc(C(C)=O)cnc1Cl. The topological polar surface area (TPSA) is 39.2 Å². The maximum Gasteiger partial charge on any atom is 0.171 e. The molecule has 0 aliphatic heterocycles. The van der Waals surface area contributed by atoms with Gasteiger partial charge in [0.25, 0.3) is 0 Å². The van der Waals surface area contributed by atoms with E-state index in [4.69, 9.17) is 16.3 Å². The average Bonchev–Trinajstić information content (AvgIpc) is 2.08. The van der Waals surface area contributed by atoms with Crippen LogP contribution in [-0.2, 0) is 0 Å². The number of hydrogen-bond donors (Lipinski definition) is 0. The number of carbonyl (C=O) groups excluding carboxylic acids is 1. The second kappa shape index (κ2) is 4.23. The molecule has 0 fully saturated rings. The van der Waals surface area contributed by atoms with Gasteiger partial charge in [-0.05, 0) is 19.9 Å². The van der Waals surface area contributed by atoms with Crippen LogP contribution < -0.4 is 4.74 Å². The Balaban J connectivity index is 3.03. The van der Waals surface area contributed by atoms with Gasteiger partial charge in [-0.25, -0.2) is 4.98 Å². The molecule has 0 aliphatic carbocycles. The Morgan fingerprint density at radius 2 is 2.38 bits per heavy atom.